The molecule has 0 heteroatoms. The Morgan fingerprint density at radius 1 is 1.15 bits per heavy atom. The Bertz CT molecular complexity index is 225. The summed E-state index contributed by atoms with van der Waals surface area (Å²) in [7, 11) is 0. The quantitative estimate of drug-likeness (QED) is 0.624. The van der Waals surface area contributed by atoms with Crippen LogP contribution in [0, 0.1) is 6.92 Å². The summed E-state index contributed by atoms with van der Waals surface area (Å²) in [6.45, 7) is 10.7. The van der Waals surface area contributed by atoms with Crippen LogP contribution in [-0.2, 0) is 0 Å². The van der Waals surface area contributed by atoms with Crippen molar-refractivity contribution >= 4 is 0 Å². The molecule has 13 heavy (non-hydrogen) atoms. The van der Waals surface area contributed by atoms with Crippen molar-refractivity contribution in [2.24, 2.45) is 0 Å². The van der Waals surface area contributed by atoms with Gasteiger partial charge < -0.3 is 0 Å². The summed E-state index contributed by atoms with van der Waals surface area (Å²) in [5, 5.41) is 0. The van der Waals surface area contributed by atoms with Gasteiger partial charge >= 0.3 is 0 Å². The van der Waals surface area contributed by atoms with Crippen molar-refractivity contribution in [3.63, 3.8) is 0 Å². The maximum atomic E-state index is 2.28. The maximum absolute atomic E-state index is 2.28. The van der Waals surface area contributed by atoms with Gasteiger partial charge in [0.05, 0.1) is 0 Å². The second kappa shape index (κ2) is 6.71. The number of hydrogen-bond donors (Lipinski definition) is 0. The molecule has 1 rings (SSSR count). The van der Waals surface area contributed by atoms with Crippen LogP contribution in [0.25, 0.3) is 0 Å². The van der Waals surface area contributed by atoms with Crippen LogP contribution in [0.15, 0.2) is 24.3 Å². The van der Waals surface area contributed by atoms with E-state index in [0.717, 1.165) is 0 Å². The zero-order valence-electron chi connectivity index (χ0n) is 9.59. The predicted molar refractivity (Wildman–Crippen MR) is 61.2 cm³/mol. The number of hydrogen-bond acceptors (Lipinski definition) is 0. The zero-order chi connectivity index (χ0) is 10.3. The topological polar surface area (TPSA) is 0 Å². The van der Waals surface area contributed by atoms with Crippen molar-refractivity contribution in [3.05, 3.63) is 35.4 Å². The van der Waals surface area contributed by atoms with E-state index in [1.54, 1.807) is 0 Å². The molecule has 0 fully saturated rings. The van der Waals surface area contributed by atoms with E-state index in [1.807, 2.05) is 13.8 Å². The van der Waals surface area contributed by atoms with E-state index in [2.05, 4.69) is 45.0 Å². The zero-order valence-corrected chi connectivity index (χ0v) is 9.59. The highest BCUT2D eigenvalue weighted by atomic mass is 14.1. The lowest BCUT2D eigenvalue weighted by Crippen LogP contribution is -1.93. The standard InChI is InChI=1S/C11H16.C2H6/c1-4-9(2)11-8-6-5-7-10(11)3;1-2/h5-9H,4H2,1-3H3;1-2H3. The molecule has 1 aromatic rings. The van der Waals surface area contributed by atoms with Gasteiger partial charge in [-0.3, -0.25) is 0 Å². The average molecular weight is 178 g/mol. The van der Waals surface area contributed by atoms with Crippen LogP contribution in [0.3, 0.4) is 0 Å². The summed E-state index contributed by atoms with van der Waals surface area (Å²) in [6, 6.07) is 8.63. The van der Waals surface area contributed by atoms with Crippen LogP contribution in [0.1, 0.15) is 51.2 Å². The van der Waals surface area contributed by atoms with Crippen molar-refractivity contribution in [1.82, 2.24) is 0 Å². The molecule has 0 bridgehead atoms. The molecule has 1 atom stereocenters. The van der Waals surface area contributed by atoms with E-state index in [4.69, 9.17) is 0 Å². The molecule has 0 nitrogen and oxygen atoms in total. The number of aryl methyl sites for hydroxylation is 1. The smallest absolute Gasteiger partial charge is 0.0190 e. The minimum absolute atomic E-state index is 0.705. The monoisotopic (exact) mass is 178 g/mol. The molecule has 1 unspecified atom stereocenters. The second-order valence-corrected chi connectivity index (χ2v) is 3.17. The van der Waals surface area contributed by atoms with Crippen molar-refractivity contribution in [2.75, 3.05) is 0 Å². The first kappa shape index (κ1) is 12.2. The Labute approximate surface area is 83.0 Å². The summed E-state index contributed by atoms with van der Waals surface area (Å²) in [5.74, 6) is 0.705. The molecule has 0 N–H and O–H groups in total. The Balaban J connectivity index is 0.000000671. The molecular formula is C13H22. The average Bonchev–Trinajstić information content (AvgIpc) is 2.20. The van der Waals surface area contributed by atoms with E-state index in [-0.39, 0.29) is 0 Å². The fourth-order valence-electron chi connectivity index (χ4n) is 1.36. The van der Waals surface area contributed by atoms with E-state index in [1.165, 1.54) is 17.5 Å². The van der Waals surface area contributed by atoms with Crippen molar-refractivity contribution in [1.29, 1.82) is 0 Å². The van der Waals surface area contributed by atoms with E-state index in [0.29, 0.717) is 5.92 Å². The molecule has 0 amide bonds. The van der Waals surface area contributed by atoms with Crippen LogP contribution >= 0.6 is 0 Å². The lowest BCUT2D eigenvalue weighted by molar-refractivity contribution is 0.728. The minimum atomic E-state index is 0.705. The maximum Gasteiger partial charge on any atom is -0.0190 e. The summed E-state index contributed by atoms with van der Waals surface area (Å²) in [5.41, 5.74) is 2.91. The highest BCUT2D eigenvalue weighted by Gasteiger charge is 2.03. The van der Waals surface area contributed by atoms with Gasteiger partial charge in [0.2, 0.25) is 0 Å². The molecule has 0 aliphatic rings. The van der Waals surface area contributed by atoms with Crippen LogP contribution in [-0.4, -0.2) is 0 Å². The third-order valence-corrected chi connectivity index (χ3v) is 2.33. The highest BCUT2D eigenvalue weighted by Crippen LogP contribution is 2.21. The first-order valence-electron chi connectivity index (χ1n) is 5.31. The van der Waals surface area contributed by atoms with Gasteiger partial charge in [-0.05, 0) is 30.4 Å². The Morgan fingerprint density at radius 2 is 1.69 bits per heavy atom. The lowest BCUT2D eigenvalue weighted by Gasteiger charge is -2.11. The second-order valence-electron chi connectivity index (χ2n) is 3.17. The van der Waals surface area contributed by atoms with Gasteiger partial charge in [-0.1, -0.05) is 52.0 Å². The Hall–Kier alpha value is -0.780. The molecule has 0 aromatic heterocycles. The van der Waals surface area contributed by atoms with Gasteiger partial charge in [0, 0.05) is 0 Å². The van der Waals surface area contributed by atoms with Gasteiger partial charge in [0.1, 0.15) is 0 Å². The molecular weight excluding hydrogens is 156 g/mol. The van der Waals surface area contributed by atoms with Gasteiger partial charge in [0.25, 0.3) is 0 Å². The molecule has 1 aromatic carbocycles. The van der Waals surface area contributed by atoms with Crippen molar-refractivity contribution in [3.8, 4) is 0 Å². The predicted octanol–water partition coefficient (Wildman–Crippen LogP) is 4.53. The first-order valence-corrected chi connectivity index (χ1v) is 5.31. The summed E-state index contributed by atoms with van der Waals surface area (Å²) >= 11 is 0. The number of rotatable bonds is 2. The van der Waals surface area contributed by atoms with Crippen LogP contribution in [0.2, 0.25) is 0 Å². The summed E-state index contributed by atoms with van der Waals surface area (Å²) in [6.07, 6.45) is 1.23. The van der Waals surface area contributed by atoms with E-state index in [9.17, 15) is 0 Å². The Morgan fingerprint density at radius 3 is 2.15 bits per heavy atom. The molecule has 0 saturated heterocycles. The van der Waals surface area contributed by atoms with Crippen molar-refractivity contribution < 1.29 is 0 Å². The third kappa shape index (κ3) is 3.63. The summed E-state index contributed by atoms with van der Waals surface area (Å²) in [4.78, 5) is 0. The van der Waals surface area contributed by atoms with Gasteiger partial charge in [0.15, 0.2) is 0 Å². The van der Waals surface area contributed by atoms with Gasteiger partial charge in [-0.2, -0.15) is 0 Å². The molecule has 0 saturated carbocycles. The lowest BCUT2D eigenvalue weighted by atomic mass is 9.95. The Kier molecular flexibility index (Phi) is 6.30. The molecule has 0 aliphatic carbocycles. The molecule has 0 heterocycles. The molecule has 0 radical (unpaired) electrons. The van der Waals surface area contributed by atoms with Crippen LogP contribution < -0.4 is 0 Å². The molecule has 74 valence electrons. The highest BCUT2D eigenvalue weighted by molar-refractivity contribution is 5.28. The molecule has 0 aliphatic heterocycles. The number of benzene rings is 1. The van der Waals surface area contributed by atoms with Gasteiger partial charge in [-0.15, -0.1) is 0 Å². The van der Waals surface area contributed by atoms with Gasteiger partial charge in [-0.25, -0.2) is 0 Å². The first-order chi connectivity index (χ1) is 6.25. The fourth-order valence-corrected chi connectivity index (χ4v) is 1.36. The minimum Gasteiger partial charge on any atom is -0.0683 e. The van der Waals surface area contributed by atoms with Crippen LogP contribution in [0.5, 0.6) is 0 Å². The summed E-state index contributed by atoms with van der Waals surface area (Å²) < 4.78 is 0. The third-order valence-electron chi connectivity index (χ3n) is 2.33. The normalized spacial score (nSPS) is 11.5. The van der Waals surface area contributed by atoms with Crippen molar-refractivity contribution in [2.45, 2.75) is 47.0 Å². The fraction of sp³-hybridized carbons (Fsp3) is 0.538. The molecule has 0 spiro atoms. The van der Waals surface area contributed by atoms with E-state index >= 15 is 0 Å². The van der Waals surface area contributed by atoms with Crippen LogP contribution in [0.4, 0.5) is 0 Å². The van der Waals surface area contributed by atoms with E-state index < -0.39 is 0 Å². The SMILES string of the molecule is CC.CCC(C)c1ccccc1C. The largest absolute Gasteiger partial charge is 0.0683 e.